The number of aromatic amines is 1. The van der Waals surface area contributed by atoms with Crippen LogP contribution in [0.1, 0.15) is 61.4 Å². The van der Waals surface area contributed by atoms with E-state index in [-0.39, 0.29) is 11.8 Å². The number of hydrogen-bond acceptors (Lipinski definition) is 8. The first-order valence-corrected chi connectivity index (χ1v) is 14.8. The second-order valence-electron chi connectivity index (χ2n) is 12.4. The first-order valence-electron chi connectivity index (χ1n) is 14.8. The van der Waals surface area contributed by atoms with Crippen molar-refractivity contribution in [2.45, 2.75) is 57.0 Å². The summed E-state index contributed by atoms with van der Waals surface area (Å²) in [5.74, 6) is 1.54. The first kappa shape index (κ1) is 24.3. The predicted octanol–water partition coefficient (Wildman–Crippen LogP) is 4.18. The predicted molar refractivity (Wildman–Crippen MR) is 154 cm³/mol. The number of rotatable bonds is 4. The lowest BCUT2D eigenvalue weighted by Gasteiger charge is -2.58. The van der Waals surface area contributed by atoms with Crippen molar-refractivity contribution in [1.82, 2.24) is 35.4 Å². The van der Waals surface area contributed by atoms with E-state index in [9.17, 15) is 5.11 Å². The van der Waals surface area contributed by atoms with E-state index < -0.39 is 0 Å². The average molecular weight is 537 g/mol. The molecule has 1 aromatic carbocycles. The van der Waals surface area contributed by atoms with Gasteiger partial charge in [-0.1, -0.05) is 12.1 Å². The van der Waals surface area contributed by atoms with E-state index in [1.807, 2.05) is 24.3 Å². The Morgan fingerprint density at radius 1 is 1.00 bits per heavy atom. The number of aromatic hydroxyl groups is 1. The smallest absolute Gasteiger partial charge is 0.225 e. The number of H-pyrrole nitrogens is 1. The number of benzene rings is 1. The quantitative estimate of drug-likeness (QED) is 0.357. The molecule has 206 valence electrons. The van der Waals surface area contributed by atoms with Gasteiger partial charge in [0.15, 0.2) is 5.65 Å². The molecule has 2 saturated heterocycles. The van der Waals surface area contributed by atoms with Crippen LogP contribution in [0.25, 0.3) is 22.3 Å². The Labute approximate surface area is 234 Å². The maximum absolute atomic E-state index is 10.4. The minimum Gasteiger partial charge on any atom is -0.507 e. The van der Waals surface area contributed by atoms with E-state index in [1.165, 1.54) is 68.7 Å². The molecule has 6 heterocycles. The zero-order valence-corrected chi connectivity index (χ0v) is 23.0. The molecule has 0 unspecified atom stereocenters. The summed E-state index contributed by atoms with van der Waals surface area (Å²) in [4.78, 5) is 18.3. The van der Waals surface area contributed by atoms with Crippen LogP contribution < -0.4 is 10.2 Å². The van der Waals surface area contributed by atoms with Gasteiger partial charge < -0.3 is 25.2 Å². The van der Waals surface area contributed by atoms with Crippen molar-refractivity contribution < 1.29 is 5.11 Å². The lowest BCUT2D eigenvalue weighted by Crippen LogP contribution is -2.65. The number of phenolic OH excluding ortho intramolecular Hbond substituents is 1. The second-order valence-corrected chi connectivity index (χ2v) is 12.4. The van der Waals surface area contributed by atoms with E-state index in [2.05, 4.69) is 49.6 Å². The van der Waals surface area contributed by atoms with Crippen molar-refractivity contribution in [1.29, 1.82) is 0 Å². The van der Waals surface area contributed by atoms with Crippen LogP contribution in [0.4, 0.5) is 5.95 Å². The van der Waals surface area contributed by atoms with Crippen molar-refractivity contribution in [2.24, 2.45) is 5.41 Å². The fraction of sp³-hybridized carbons (Fsp3) is 0.484. The molecule has 40 heavy (non-hydrogen) atoms. The molecule has 8 rings (SSSR count). The Hall–Kier alpha value is -3.56. The van der Waals surface area contributed by atoms with Gasteiger partial charge in [-0.25, -0.2) is 9.97 Å². The van der Waals surface area contributed by atoms with Crippen LogP contribution in [0.5, 0.6) is 5.75 Å². The summed E-state index contributed by atoms with van der Waals surface area (Å²) in [6.07, 6.45) is 10.2. The average Bonchev–Trinajstić information content (AvgIpc) is 3.31. The standard InChI is InChI=1S/C31H36N8O/c1-19-28-24-12-26(23-4-2-3-5-27(23)40)36-37-29(24)35-25(28)8-11-39(19)30-33-15-21(16-34-30)20-6-9-38(10-7-20)22-13-31(14-22)17-32-18-31/h2-5,12,15-16,19-20,22,32,40H,6-11,13-14,17-18H2,1H3,(H,35,37)/t19-/m1/s1. The van der Waals surface area contributed by atoms with Gasteiger partial charge in [-0.15, -0.1) is 10.2 Å². The number of piperidine rings is 1. The molecule has 3 N–H and O–H groups in total. The first-order chi connectivity index (χ1) is 19.6. The third kappa shape index (κ3) is 3.89. The molecule has 3 aromatic heterocycles. The Morgan fingerprint density at radius 2 is 1.77 bits per heavy atom. The maximum Gasteiger partial charge on any atom is 0.225 e. The number of likely N-dealkylation sites (tertiary alicyclic amines) is 1. The summed E-state index contributed by atoms with van der Waals surface area (Å²) in [5.41, 5.74) is 6.45. The SMILES string of the molecule is C[C@@H]1c2c([nH]c3nnc(-c4ccccc4O)cc23)CCN1c1ncc(C2CCN(C3CC4(CNC4)C3)CC2)cn1. The van der Waals surface area contributed by atoms with Gasteiger partial charge in [0.2, 0.25) is 5.95 Å². The van der Waals surface area contributed by atoms with Crippen LogP contribution in [0, 0.1) is 5.41 Å². The van der Waals surface area contributed by atoms with Crippen LogP contribution in [0.3, 0.4) is 0 Å². The van der Waals surface area contributed by atoms with Crippen LogP contribution in [-0.2, 0) is 6.42 Å². The highest BCUT2D eigenvalue weighted by atomic mass is 16.3. The number of fused-ring (bicyclic) bond motifs is 3. The van der Waals surface area contributed by atoms with Crippen molar-refractivity contribution in [3.8, 4) is 17.0 Å². The lowest BCUT2D eigenvalue weighted by molar-refractivity contribution is -0.0432. The van der Waals surface area contributed by atoms with Crippen molar-refractivity contribution >= 4 is 17.0 Å². The number of nitrogens with zero attached hydrogens (tertiary/aromatic N) is 6. The van der Waals surface area contributed by atoms with Crippen molar-refractivity contribution in [3.63, 3.8) is 0 Å². The van der Waals surface area contributed by atoms with Gasteiger partial charge in [-0.05, 0) is 80.8 Å². The van der Waals surface area contributed by atoms with Gasteiger partial charge >= 0.3 is 0 Å². The number of hydrogen-bond donors (Lipinski definition) is 3. The molecule has 4 aliphatic rings. The van der Waals surface area contributed by atoms with Crippen LogP contribution in [0.2, 0.25) is 0 Å². The Bertz CT molecular complexity index is 1550. The minimum atomic E-state index is 0.0876. The van der Waals surface area contributed by atoms with E-state index >= 15 is 0 Å². The molecule has 0 bridgehead atoms. The van der Waals surface area contributed by atoms with E-state index in [0.29, 0.717) is 22.6 Å². The zero-order valence-electron chi connectivity index (χ0n) is 23.0. The summed E-state index contributed by atoms with van der Waals surface area (Å²) < 4.78 is 0. The number of phenols is 1. The van der Waals surface area contributed by atoms with E-state index in [0.717, 1.165) is 36.0 Å². The van der Waals surface area contributed by atoms with Crippen LogP contribution in [0.15, 0.2) is 42.7 Å². The number of nitrogens with one attached hydrogen (secondary N) is 2. The van der Waals surface area contributed by atoms with Gasteiger partial charge in [-0.3, -0.25) is 0 Å². The molecule has 1 atom stereocenters. The number of anilines is 1. The molecule has 0 amide bonds. The number of para-hydroxylation sites is 1. The fourth-order valence-electron chi connectivity index (χ4n) is 7.67. The molecule has 3 fully saturated rings. The lowest BCUT2D eigenvalue weighted by atomic mass is 9.61. The molecule has 3 aliphatic heterocycles. The summed E-state index contributed by atoms with van der Waals surface area (Å²) >= 11 is 0. The maximum atomic E-state index is 10.4. The van der Waals surface area contributed by atoms with Crippen molar-refractivity contribution in [3.05, 3.63) is 59.5 Å². The molecule has 1 saturated carbocycles. The molecular formula is C31H36N8O. The molecular weight excluding hydrogens is 500 g/mol. The molecule has 1 spiro atoms. The highest BCUT2D eigenvalue weighted by Gasteiger charge is 2.50. The molecule has 1 aliphatic carbocycles. The Kier molecular flexibility index (Phi) is 5.60. The largest absolute Gasteiger partial charge is 0.507 e. The molecule has 9 nitrogen and oxygen atoms in total. The van der Waals surface area contributed by atoms with Gasteiger partial charge in [-0.2, -0.15) is 0 Å². The normalized spacial score (nSPS) is 23.2. The number of aromatic nitrogens is 5. The van der Waals surface area contributed by atoms with E-state index in [4.69, 9.17) is 9.97 Å². The van der Waals surface area contributed by atoms with E-state index in [1.54, 1.807) is 6.07 Å². The van der Waals surface area contributed by atoms with Crippen LogP contribution in [-0.4, -0.2) is 73.9 Å². The summed E-state index contributed by atoms with van der Waals surface area (Å²) in [6.45, 7) is 7.90. The van der Waals surface area contributed by atoms with Gasteiger partial charge in [0.25, 0.3) is 0 Å². The highest BCUT2D eigenvalue weighted by Crippen LogP contribution is 2.47. The molecule has 9 heteroatoms. The summed E-state index contributed by atoms with van der Waals surface area (Å²) in [5, 5.41) is 23.7. The van der Waals surface area contributed by atoms with Gasteiger partial charge in [0, 0.05) is 66.7 Å². The Balaban J connectivity index is 0.980. The Morgan fingerprint density at radius 3 is 2.50 bits per heavy atom. The highest BCUT2D eigenvalue weighted by molar-refractivity contribution is 5.86. The summed E-state index contributed by atoms with van der Waals surface area (Å²) in [7, 11) is 0. The third-order valence-electron chi connectivity index (χ3n) is 10.1. The van der Waals surface area contributed by atoms with Crippen molar-refractivity contribution in [2.75, 3.05) is 37.6 Å². The van der Waals surface area contributed by atoms with Gasteiger partial charge in [0.05, 0.1) is 11.7 Å². The fourth-order valence-corrected chi connectivity index (χ4v) is 7.67. The van der Waals surface area contributed by atoms with Gasteiger partial charge in [0.1, 0.15) is 5.75 Å². The monoisotopic (exact) mass is 536 g/mol. The van der Waals surface area contributed by atoms with Crippen LogP contribution >= 0.6 is 0 Å². The molecule has 4 aromatic rings. The third-order valence-corrected chi connectivity index (χ3v) is 10.1. The minimum absolute atomic E-state index is 0.0876. The zero-order chi connectivity index (χ0) is 26.8. The molecule has 0 radical (unpaired) electrons. The summed E-state index contributed by atoms with van der Waals surface area (Å²) in [6, 6.07) is 10.2. The topological polar surface area (TPSA) is 106 Å². The second kappa shape index (κ2) is 9.24.